The van der Waals surface area contributed by atoms with Crippen molar-refractivity contribution in [3.05, 3.63) is 29.3 Å². The van der Waals surface area contributed by atoms with Gasteiger partial charge in [0.25, 0.3) is 0 Å². The largest absolute Gasteiger partial charge is 0.320 e. The Balaban J connectivity index is 1.81. The van der Waals surface area contributed by atoms with E-state index in [1.165, 1.54) is 35.5 Å². The van der Waals surface area contributed by atoms with E-state index >= 15 is 0 Å². The minimum Gasteiger partial charge on any atom is -0.320 e. The highest BCUT2D eigenvalue weighted by Gasteiger charge is 2.09. The highest BCUT2D eigenvalue weighted by molar-refractivity contribution is 7.99. The number of hydrogen-bond donors (Lipinski definition) is 2. The summed E-state index contributed by atoms with van der Waals surface area (Å²) in [6.45, 7) is 3.18. The number of nitrogens with one attached hydrogen (secondary N) is 2. The second-order valence-corrected chi connectivity index (χ2v) is 5.66. The van der Waals surface area contributed by atoms with Crippen LogP contribution in [0.2, 0.25) is 0 Å². The highest BCUT2D eigenvalue weighted by Crippen LogP contribution is 2.30. The molecule has 1 heterocycles. The monoisotopic (exact) mass is 250 g/mol. The molecule has 0 saturated carbocycles. The van der Waals surface area contributed by atoms with Crippen molar-refractivity contribution in [3.63, 3.8) is 0 Å². The first-order chi connectivity index (χ1) is 8.40. The Hall–Kier alpha value is -0.510. The predicted molar refractivity (Wildman–Crippen MR) is 75.7 cm³/mol. The number of rotatable bonds is 6. The van der Waals surface area contributed by atoms with Crippen molar-refractivity contribution in [2.24, 2.45) is 0 Å². The van der Waals surface area contributed by atoms with Crippen LogP contribution in [0, 0.1) is 0 Å². The van der Waals surface area contributed by atoms with Gasteiger partial charge in [0, 0.05) is 11.4 Å². The van der Waals surface area contributed by atoms with E-state index in [0.29, 0.717) is 0 Å². The summed E-state index contributed by atoms with van der Waals surface area (Å²) < 4.78 is 0. The molecular weight excluding hydrogens is 228 g/mol. The minimum atomic E-state index is 1.00. The number of hydrogen-bond acceptors (Lipinski definition) is 3. The molecule has 1 aliphatic heterocycles. The van der Waals surface area contributed by atoms with Crippen LogP contribution < -0.4 is 10.6 Å². The van der Waals surface area contributed by atoms with Crippen LogP contribution in [0.15, 0.2) is 23.1 Å². The predicted octanol–water partition coefficient (Wildman–Crippen LogP) is 2.42. The van der Waals surface area contributed by atoms with Gasteiger partial charge in [-0.3, -0.25) is 0 Å². The number of benzene rings is 1. The van der Waals surface area contributed by atoms with Crippen molar-refractivity contribution in [2.75, 3.05) is 25.9 Å². The van der Waals surface area contributed by atoms with Crippen LogP contribution in [0.25, 0.3) is 0 Å². The van der Waals surface area contributed by atoms with Crippen molar-refractivity contribution in [1.29, 1.82) is 0 Å². The molecule has 2 rings (SSSR count). The third kappa shape index (κ3) is 4.02. The van der Waals surface area contributed by atoms with E-state index in [9.17, 15) is 0 Å². The van der Waals surface area contributed by atoms with Crippen molar-refractivity contribution in [3.8, 4) is 0 Å². The minimum absolute atomic E-state index is 1.00. The van der Waals surface area contributed by atoms with Crippen molar-refractivity contribution in [2.45, 2.75) is 30.7 Å². The van der Waals surface area contributed by atoms with E-state index in [1.54, 1.807) is 5.56 Å². The quantitative estimate of drug-likeness (QED) is 0.758. The number of aryl methyl sites for hydroxylation is 1. The summed E-state index contributed by atoms with van der Waals surface area (Å²) in [5.41, 5.74) is 2.98. The van der Waals surface area contributed by atoms with Gasteiger partial charge in [-0.25, -0.2) is 0 Å². The molecule has 0 amide bonds. The molecule has 0 fully saturated rings. The van der Waals surface area contributed by atoms with Gasteiger partial charge in [-0.05, 0) is 62.3 Å². The molecule has 0 aromatic heterocycles. The average Bonchev–Trinajstić information content (AvgIpc) is 2.38. The molecule has 1 aromatic carbocycles. The summed E-state index contributed by atoms with van der Waals surface area (Å²) in [4.78, 5) is 1.50. The Morgan fingerprint density at radius 2 is 2.24 bits per heavy atom. The summed E-state index contributed by atoms with van der Waals surface area (Å²) in [7, 11) is 2.00. The molecule has 0 saturated heterocycles. The Morgan fingerprint density at radius 1 is 1.29 bits per heavy atom. The molecule has 0 radical (unpaired) electrons. The molecule has 1 aliphatic rings. The Labute approximate surface area is 109 Å². The van der Waals surface area contributed by atoms with Gasteiger partial charge in [-0.15, -0.1) is 11.8 Å². The van der Waals surface area contributed by atoms with E-state index in [1.807, 2.05) is 18.8 Å². The Morgan fingerprint density at radius 3 is 3.12 bits per heavy atom. The Kier molecular flexibility index (Phi) is 5.36. The molecule has 0 unspecified atom stereocenters. The maximum atomic E-state index is 3.50. The zero-order chi connectivity index (χ0) is 11.9. The van der Waals surface area contributed by atoms with Gasteiger partial charge < -0.3 is 10.6 Å². The molecule has 2 N–H and O–H groups in total. The van der Waals surface area contributed by atoms with Crippen LogP contribution in [-0.2, 0) is 13.0 Å². The van der Waals surface area contributed by atoms with E-state index in [-0.39, 0.29) is 0 Å². The van der Waals surface area contributed by atoms with Crippen molar-refractivity contribution >= 4 is 11.8 Å². The van der Waals surface area contributed by atoms with Crippen LogP contribution in [0.5, 0.6) is 0 Å². The van der Waals surface area contributed by atoms with Gasteiger partial charge in [-0.2, -0.15) is 0 Å². The van der Waals surface area contributed by atoms with Gasteiger partial charge in [0.05, 0.1) is 0 Å². The molecule has 2 nitrogen and oxygen atoms in total. The first kappa shape index (κ1) is 12.9. The van der Waals surface area contributed by atoms with Crippen LogP contribution >= 0.6 is 11.8 Å². The zero-order valence-corrected chi connectivity index (χ0v) is 11.4. The highest BCUT2D eigenvalue weighted by atomic mass is 32.2. The summed E-state index contributed by atoms with van der Waals surface area (Å²) in [6, 6.07) is 6.94. The summed E-state index contributed by atoms with van der Waals surface area (Å²) in [5.74, 6) is 1.29. The van der Waals surface area contributed by atoms with Crippen LogP contribution in [-0.4, -0.2) is 25.9 Å². The lowest BCUT2D eigenvalue weighted by Gasteiger charge is -2.16. The standard InChI is InChI=1S/C14H22N2S/c1-15-7-3-8-16-11-12-5-6-14-13(10-12)4-2-9-17-14/h5-6,10,15-16H,2-4,7-9,11H2,1H3. The van der Waals surface area contributed by atoms with E-state index in [2.05, 4.69) is 28.8 Å². The third-order valence-corrected chi connectivity index (χ3v) is 4.28. The van der Waals surface area contributed by atoms with Crippen LogP contribution in [0.3, 0.4) is 0 Å². The molecule has 1 aromatic rings. The molecule has 0 aliphatic carbocycles. The van der Waals surface area contributed by atoms with Crippen molar-refractivity contribution in [1.82, 2.24) is 10.6 Å². The molecule has 94 valence electrons. The lowest BCUT2D eigenvalue weighted by Crippen LogP contribution is -2.19. The zero-order valence-electron chi connectivity index (χ0n) is 10.6. The Bertz CT molecular complexity index is 352. The average molecular weight is 250 g/mol. The fraction of sp³-hybridized carbons (Fsp3) is 0.571. The maximum absolute atomic E-state index is 3.50. The topological polar surface area (TPSA) is 24.1 Å². The third-order valence-electron chi connectivity index (χ3n) is 3.08. The first-order valence-electron chi connectivity index (χ1n) is 6.50. The fourth-order valence-corrected chi connectivity index (χ4v) is 3.17. The molecule has 0 atom stereocenters. The molecule has 17 heavy (non-hydrogen) atoms. The number of fused-ring (bicyclic) bond motifs is 1. The van der Waals surface area contributed by atoms with E-state index in [0.717, 1.165) is 19.6 Å². The van der Waals surface area contributed by atoms with Gasteiger partial charge in [-0.1, -0.05) is 12.1 Å². The smallest absolute Gasteiger partial charge is 0.0205 e. The van der Waals surface area contributed by atoms with E-state index < -0.39 is 0 Å². The second-order valence-electron chi connectivity index (χ2n) is 4.53. The molecule has 0 spiro atoms. The molecule has 0 bridgehead atoms. The van der Waals surface area contributed by atoms with Crippen LogP contribution in [0.1, 0.15) is 24.0 Å². The second kappa shape index (κ2) is 7.04. The molecule has 3 heteroatoms. The summed E-state index contributed by atoms with van der Waals surface area (Å²) in [6.07, 6.45) is 3.78. The lowest BCUT2D eigenvalue weighted by atomic mass is 10.1. The van der Waals surface area contributed by atoms with Crippen molar-refractivity contribution < 1.29 is 0 Å². The fourth-order valence-electron chi connectivity index (χ4n) is 2.15. The first-order valence-corrected chi connectivity index (χ1v) is 7.48. The summed E-state index contributed by atoms with van der Waals surface area (Å²) in [5, 5.41) is 6.66. The van der Waals surface area contributed by atoms with Gasteiger partial charge in [0.15, 0.2) is 0 Å². The summed E-state index contributed by atoms with van der Waals surface area (Å²) >= 11 is 2.00. The van der Waals surface area contributed by atoms with Gasteiger partial charge in [0.2, 0.25) is 0 Å². The van der Waals surface area contributed by atoms with Gasteiger partial charge in [0.1, 0.15) is 0 Å². The maximum Gasteiger partial charge on any atom is 0.0205 e. The normalized spacial score (nSPS) is 14.6. The van der Waals surface area contributed by atoms with E-state index in [4.69, 9.17) is 0 Å². The lowest BCUT2D eigenvalue weighted by molar-refractivity contribution is 0.624. The SMILES string of the molecule is CNCCCNCc1ccc2c(c1)CCCS2. The van der Waals surface area contributed by atoms with Gasteiger partial charge >= 0.3 is 0 Å². The number of thioether (sulfide) groups is 1. The van der Waals surface area contributed by atoms with Crippen LogP contribution in [0.4, 0.5) is 0 Å². The molecular formula is C14H22N2S.